The normalized spacial score (nSPS) is 11.2. The number of carbonyl (C=O) groups excluding carboxylic acids is 2. The van der Waals surface area contributed by atoms with Gasteiger partial charge in [-0.3, -0.25) is 9.59 Å². The highest BCUT2D eigenvalue weighted by atomic mass is 16.2. The second-order valence-corrected chi connectivity index (χ2v) is 7.27. The van der Waals surface area contributed by atoms with Crippen LogP contribution in [-0.4, -0.2) is 36.5 Å². The summed E-state index contributed by atoms with van der Waals surface area (Å²) in [5.41, 5.74) is 4.54. The number of amides is 1. The van der Waals surface area contributed by atoms with E-state index in [9.17, 15) is 9.59 Å². The Balaban J connectivity index is 1.43. The van der Waals surface area contributed by atoms with Crippen LogP contribution in [0.15, 0.2) is 60.7 Å². The minimum absolute atomic E-state index is 0.388. The Hall–Kier alpha value is -4.33. The highest BCUT2D eigenvalue weighted by molar-refractivity contribution is 6.48. The van der Waals surface area contributed by atoms with Crippen molar-refractivity contribution >= 4 is 33.9 Å². The van der Waals surface area contributed by atoms with Crippen molar-refractivity contribution in [2.24, 2.45) is 0 Å². The molecule has 0 bridgehead atoms. The van der Waals surface area contributed by atoms with E-state index in [1.807, 2.05) is 49.4 Å². The summed E-state index contributed by atoms with van der Waals surface area (Å²) in [5.74, 6) is -0.593. The van der Waals surface area contributed by atoms with Crippen molar-refractivity contribution in [1.82, 2.24) is 24.8 Å². The van der Waals surface area contributed by atoms with Crippen LogP contribution < -0.4 is 5.32 Å². The van der Waals surface area contributed by atoms with Gasteiger partial charge in [0.15, 0.2) is 11.5 Å². The van der Waals surface area contributed by atoms with E-state index in [2.05, 4.69) is 25.6 Å². The number of carbonyl (C=O) groups is 2. The summed E-state index contributed by atoms with van der Waals surface area (Å²) in [4.78, 5) is 28.8. The van der Waals surface area contributed by atoms with Gasteiger partial charge < -0.3 is 10.3 Å². The molecule has 0 fully saturated rings. The first-order valence-electron chi connectivity index (χ1n) is 9.74. The number of nitrogens with one attached hydrogen (secondary N) is 2. The molecular weight excluding hydrogens is 392 g/mol. The van der Waals surface area contributed by atoms with Gasteiger partial charge in [-0.05, 0) is 44.2 Å². The number of hydrogen-bond donors (Lipinski definition) is 2. The maximum absolute atomic E-state index is 12.9. The number of Topliss-reactive ketones (excluding diaryl/α,β-unsaturated/α-hetero) is 1. The molecule has 1 amide bonds. The summed E-state index contributed by atoms with van der Waals surface area (Å²) in [5, 5.41) is 16.0. The number of fused-ring (bicyclic) bond motifs is 2. The summed E-state index contributed by atoms with van der Waals surface area (Å²) in [7, 11) is 0. The Bertz CT molecular complexity index is 1480. The van der Waals surface area contributed by atoms with E-state index >= 15 is 0 Å². The van der Waals surface area contributed by atoms with Crippen molar-refractivity contribution in [3.63, 3.8) is 0 Å². The van der Waals surface area contributed by atoms with Crippen molar-refractivity contribution < 1.29 is 9.59 Å². The number of anilines is 1. The molecule has 0 unspecified atom stereocenters. The molecule has 5 rings (SSSR count). The summed E-state index contributed by atoms with van der Waals surface area (Å²) in [6, 6.07) is 18.3. The molecule has 31 heavy (non-hydrogen) atoms. The van der Waals surface area contributed by atoms with Gasteiger partial charge in [-0.25, -0.2) is 0 Å². The van der Waals surface area contributed by atoms with Crippen LogP contribution in [-0.2, 0) is 4.79 Å². The average Bonchev–Trinajstić information content (AvgIpc) is 3.32. The lowest BCUT2D eigenvalue weighted by Crippen LogP contribution is -2.23. The topological polar surface area (TPSA) is 105 Å². The number of rotatable bonds is 4. The molecule has 0 aliphatic rings. The number of ketones is 1. The van der Waals surface area contributed by atoms with Crippen LogP contribution in [0.4, 0.5) is 5.69 Å². The van der Waals surface area contributed by atoms with Gasteiger partial charge in [0.1, 0.15) is 0 Å². The number of nitrogens with zero attached hydrogens (tertiary/aromatic N) is 4. The molecule has 3 heterocycles. The Kier molecular flexibility index (Phi) is 4.32. The summed E-state index contributed by atoms with van der Waals surface area (Å²) in [6.45, 7) is 3.61. The van der Waals surface area contributed by atoms with Gasteiger partial charge in [0, 0.05) is 27.8 Å². The third-order valence-electron chi connectivity index (χ3n) is 5.16. The number of aryl methyl sites for hydroxylation is 2. The first-order chi connectivity index (χ1) is 15.0. The number of aromatic amines is 1. The molecule has 0 atom stereocenters. The number of para-hydroxylation sites is 1. The maximum atomic E-state index is 12.9. The minimum atomic E-state index is -0.692. The molecule has 0 spiro atoms. The van der Waals surface area contributed by atoms with Crippen LogP contribution in [0.5, 0.6) is 0 Å². The largest absolute Gasteiger partial charge is 0.358 e. The Morgan fingerprint density at radius 2 is 1.81 bits per heavy atom. The first kappa shape index (κ1) is 18.7. The second kappa shape index (κ2) is 7.17. The van der Waals surface area contributed by atoms with Gasteiger partial charge in [-0.1, -0.05) is 30.3 Å². The monoisotopic (exact) mass is 410 g/mol. The fourth-order valence-corrected chi connectivity index (χ4v) is 3.68. The van der Waals surface area contributed by atoms with Crippen molar-refractivity contribution in [2.75, 3.05) is 5.32 Å². The molecule has 0 radical (unpaired) electrons. The van der Waals surface area contributed by atoms with Crippen LogP contribution in [0.1, 0.15) is 21.9 Å². The van der Waals surface area contributed by atoms with E-state index in [1.54, 1.807) is 29.6 Å². The van der Waals surface area contributed by atoms with Crippen LogP contribution in [0, 0.1) is 13.8 Å². The summed E-state index contributed by atoms with van der Waals surface area (Å²) < 4.78 is 1.66. The highest BCUT2D eigenvalue weighted by Gasteiger charge is 2.22. The van der Waals surface area contributed by atoms with Crippen molar-refractivity contribution in [3.8, 4) is 11.3 Å². The van der Waals surface area contributed by atoms with E-state index < -0.39 is 11.7 Å². The molecule has 0 aliphatic carbocycles. The highest BCUT2D eigenvalue weighted by Crippen LogP contribution is 2.24. The predicted molar refractivity (Wildman–Crippen MR) is 117 cm³/mol. The molecule has 0 aliphatic heterocycles. The fraction of sp³-hybridized carbons (Fsp3) is 0.0870. The van der Waals surface area contributed by atoms with Crippen molar-refractivity contribution in [2.45, 2.75) is 13.8 Å². The summed E-state index contributed by atoms with van der Waals surface area (Å²) >= 11 is 0. The zero-order valence-corrected chi connectivity index (χ0v) is 16.9. The fourth-order valence-electron chi connectivity index (χ4n) is 3.68. The zero-order valence-electron chi connectivity index (χ0n) is 16.9. The lowest BCUT2D eigenvalue weighted by atomic mass is 10.1. The molecular formula is C23H18N6O2. The molecule has 2 aromatic carbocycles. The van der Waals surface area contributed by atoms with Crippen molar-refractivity contribution in [1.29, 1.82) is 0 Å². The third-order valence-corrected chi connectivity index (χ3v) is 5.16. The zero-order chi connectivity index (χ0) is 21.5. The van der Waals surface area contributed by atoms with E-state index in [-0.39, 0.29) is 0 Å². The lowest BCUT2D eigenvalue weighted by molar-refractivity contribution is -0.112. The lowest BCUT2D eigenvalue weighted by Gasteiger charge is -2.08. The second-order valence-electron chi connectivity index (χ2n) is 7.27. The van der Waals surface area contributed by atoms with E-state index in [4.69, 9.17) is 0 Å². The van der Waals surface area contributed by atoms with Gasteiger partial charge in [-0.15, -0.1) is 10.2 Å². The number of hydrogen-bond acceptors (Lipinski definition) is 5. The number of H-pyrrole nitrogens is 1. The molecule has 8 heteroatoms. The van der Waals surface area contributed by atoms with Gasteiger partial charge in [-0.2, -0.15) is 9.61 Å². The number of benzene rings is 2. The molecule has 0 saturated carbocycles. The Morgan fingerprint density at radius 3 is 2.68 bits per heavy atom. The smallest absolute Gasteiger partial charge is 0.296 e. The maximum Gasteiger partial charge on any atom is 0.296 e. The molecule has 8 nitrogen and oxygen atoms in total. The van der Waals surface area contributed by atoms with Crippen LogP contribution >= 0.6 is 0 Å². The molecule has 3 aromatic heterocycles. The number of aromatic nitrogens is 5. The molecule has 0 saturated heterocycles. The van der Waals surface area contributed by atoms with E-state index in [0.717, 1.165) is 16.5 Å². The predicted octanol–water partition coefficient (Wildman–Crippen LogP) is 3.71. The van der Waals surface area contributed by atoms with Gasteiger partial charge in [0.2, 0.25) is 0 Å². The average molecular weight is 410 g/mol. The third kappa shape index (κ3) is 3.24. The van der Waals surface area contributed by atoms with Gasteiger partial charge in [0.05, 0.1) is 11.3 Å². The molecule has 152 valence electrons. The van der Waals surface area contributed by atoms with E-state index in [1.165, 1.54) is 0 Å². The van der Waals surface area contributed by atoms with Crippen LogP contribution in [0.2, 0.25) is 0 Å². The van der Waals surface area contributed by atoms with Gasteiger partial charge >= 0.3 is 0 Å². The van der Waals surface area contributed by atoms with Crippen LogP contribution in [0.3, 0.4) is 0 Å². The van der Waals surface area contributed by atoms with E-state index in [0.29, 0.717) is 34.1 Å². The molecule has 2 N–H and O–H groups in total. The van der Waals surface area contributed by atoms with Crippen molar-refractivity contribution in [3.05, 3.63) is 77.7 Å². The quantitative estimate of drug-likeness (QED) is 0.347. The standard InChI is InChI=1S/C23H18N6O2/c1-13-21(17-8-3-4-9-19(17)24-13)22(30)23(31)25-16-7-5-6-15(12-16)18-10-11-20-27-26-14(2)29(20)28-18/h3-12,24H,1-2H3,(H,25,31). The van der Waals surface area contributed by atoms with Crippen LogP contribution in [0.25, 0.3) is 27.8 Å². The Morgan fingerprint density at radius 1 is 0.968 bits per heavy atom. The SMILES string of the molecule is Cc1[nH]c2ccccc2c1C(=O)C(=O)Nc1cccc(-c2ccc3nnc(C)n3n2)c1. The first-order valence-corrected chi connectivity index (χ1v) is 9.74. The minimum Gasteiger partial charge on any atom is -0.358 e. The molecule has 5 aromatic rings. The van der Waals surface area contributed by atoms with Gasteiger partial charge in [0.25, 0.3) is 11.7 Å². The Labute approximate surface area is 176 Å². The summed E-state index contributed by atoms with van der Waals surface area (Å²) in [6.07, 6.45) is 0.